The van der Waals surface area contributed by atoms with Crippen LogP contribution in [0.1, 0.15) is 39.5 Å². The lowest BCUT2D eigenvalue weighted by Gasteiger charge is -2.35. The standard InChI is InChI=1S/C13H28N2/c1-10-5-6-12(9-11(10)2)13(14)7-8-15(3)4/h10-13H,5-9,14H2,1-4H3. The molecular formula is C13H28N2. The SMILES string of the molecule is CC1CCC(C(N)CCN(C)C)CC1C. The van der Waals surface area contributed by atoms with Crippen LogP contribution in [0.25, 0.3) is 0 Å². The Balaban J connectivity index is 2.30. The largest absolute Gasteiger partial charge is 0.327 e. The van der Waals surface area contributed by atoms with Crippen molar-refractivity contribution < 1.29 is 0 Å². The fraction of sp³-hybridized carbons (Fsp3) is 1.00. The molecule has 1 fully saturated rings. The summed E-state index contributed by atoms with van der Waals surface area (Å²) < 4.78 is 0. The Morgan fingerprint density at radius 3 is 2.40 bits per heavy atom. The predicted octanol–water partition coefficient (Wildman–Crippen LogP) is 2.34. The van der Waals surface area contributed by atoms with E-state index in [0.29, 0.717) is 6.04 Å². The van der Waals surface area contributed by atoms with E-state index in [1.807, 2.05) is 0 Å². The third kappa shape index (κ3) is 4.12. The minimum atomic E-state index is 0.419. The van der Waals surface area contributed by atoms with E-state index in [9.17, 15) is 0 Å². The normalized spacial score (nSPS) is 34.4. The van der Waals surface area contributed by atoms with Gasteiger partial charge in [0, 0.05) is 6.04 Å². The second-order valence-electron chi connectivity index (χ2n) is 5.78. The molecule has 1 aliphatic carbocycles. The Hall–Kier alpha value is -0.0800. The number of hydrogen-bond donors (Lipinski definition) is 1. The van der Waals surface area contributed by atoms with Gasteiger partial charge in [0.15, 0.2) is 0 Å². The summed E-state index contributed by atoms with van der Waals surface area (Å²) in [5.41, 5.74) is 6.28. The molecule has 0 amide bonds. The molecule has 4 atom stereocenters. The van der Waals surface area contributed by atoms with E-state index in [-0.39, 0.29) is 0 Å². The maximum Gasteiger partial charge on any atom is 0.00794 e. The molecule has 2 nitrogen and oxygen atoms in total. The average molecular weight is 212 g/mol. The van der Waals surface area contributed by atoms with Crippen LogP contribution in [-0.4, -0.2) is 31.6 Å². The van der Waals surface area contributed by atoms with E-state index in [1.165, 1.54) is 19.3 Å². The summed E-state index contributed by atoms with van der Waals surface area (Å²) in [7, 11) is 4.25. The maximum atomic E-state index is 6.28. The molecule has 0 aromatic heterocycles. The molecular weight excluding hydrogens is 184 g/mol. The summed E-state index contributed by atoms with van der Waals surface area (Å²) in [6.07, 6.45) is 5.22. The Morgan fingerprint density at radius 1 is 1.20 bits per heavy atom. The van der Waals surface area contributed by atoms with Crippen molar-refractivity contribution in [1.82, 2.24) is 4.90 Å². The van der Waals surface area contributed by atoms with Crippen LogP contribution in [0.3, 0.4) is 0 Å². The zero-order valence-corrected chi connectivity index (χ0v) is 10.9. The Kier molecular flexibility index (Phi) is 5.07. The summed E-state index contributed by atoms with van der Waals surface area (Å²) in [5, 5.41) is 0. The molecule has 15 heavy (non-hydrogen) atoms. The molecule has 0 radical (unpaired) electrons. The first-order chi connectivity index (χ1) is 7.00. The van der Waals surface area contributed by atoms with Crippen molar-refractivity contribution in [2.75, 3.05) is 20.6 Å². The molecule has 90 valence electrons. The van der Waals surface area contributed by atoms with Crippen LogP contribution in [0.2, 0.25) is 0 Å². The van der Waals surface area contributed by atoms with Crippen molar-refractivity contribution in [1.29, 1.82) is 0 Å². The maximum absolute atomic E-state index is 6.28. The van der Waals surface area contributed by atoms with Crippen molar-refractivity contribution in [2.45, 2.75) is 45.6 Å². The first-order valence-corrected chi connectivity index (χ1v) is 6.41. The monoisotopic (exact) mass is 212 g/mol. The van der Waals surface area contributed by atoms with Crippen molar-refractivity contribution in [3.8, 4) is 0 Å². The van der Waals surface area contributed by atoms with E-state index >= 15 is 0 Å². The quantitative estimate of drug-likeness (QED) is 0.775. The van der Waals surface area contributed by atoms with E-state index in [2.05, 4.69) is 32.8 Å². The van der Waals surface area contributed by atoms with Gasteiger partial charge in [-0.25, -0.2) is 0 Å². The molecule has 1 rings (SSSR count). The Bertz CT molecular complexity index is 179. The van der Waals surface area contributed by atoms with Gasteiger partial charge < -0.3 is 10.6 Å². The van der Waals surface area contributed by atoms with Crippen molar-refractivity contribution >= 4 is 0 Å². The van der Waals surface area contributed by atoms with Gasteiger partial charge in [0.05, 0.1) is 0 Å². The number of nitrogens with two attached hydrogens (primary N) is 1. The van der Waals surface area contributed by atoms with Crippen LogP contribution in [-0.2, 0) is 0 Å². The Labute approximate surface area is 95.2 Å². The first kappa shape index (κ1) is 13.0. The number of rotatable bonds is 4. The van der Waals surface area contributed by atoms with Crippen LogP contribution in [0.4, 0.5) is 0 Å². The van der Waals surface area contributed by atoms with E-state index in [4.69, 9.17) is 5.73 Å². The topological polar surface area (TPSA) is 29.3 Å². The van der Waals surface area contributed by atoms with Crippen molar-refractivity contribution in [3.63, 3.8) is 0 Å². The van der Waals surface area contributed by atoms with E-state index < -0.39 is 0 Å². The van der Waals surface area contributed by atoms with Gasteiger partial charge in [0.1, 0.15) is 0 Å². The zero-order chi connectivity index (χ0) is 11.4. The molecule has 2 heteroatoms. The summed E-state index contributed by atoms with van der Waals surface area (Å²) in [5.74, 6) is 2.55. The van der Waals surface area contributed by atoms with E-state index in [0.717, 1.165) is 30.7 Å². The van der Waals surface area contributed by atoms with Gasteiger partial charge in [-0.3, -0.25) is 0 Å². The van der Waals surface area contributed by atoms with Gasteiger partial charge in [0.2, 0.25) is 0 Å². The van der Waals surface area contributed by atoms with Crippen LogP contribution >= 0.6 is 0 Å². The predicted molar refractivity (Wildman–Crippen MR) is 66.8 cm³/mol. The molecule has 0 spiro atoms. The summed E-state index contributed by atoms with van der Waals surface area (Å²) >= 11 is 0. The number of hydrogen-bond acceptors (Lipinski definition) is 2. The highest BCUT2D eigenvalue weighted by molar-refractivity contribution is 4.82. The second kappa shape index (κ2) is 5.86. The molecule has 1 aliphatic rings. The van der Waals surface area contributed by atoms with Gasteiger partial charge in [0.25, 0.3) is 0 Å². The summed E-state index contributed by atoms with van der Waals surface area (Å²) in [4.78, 5) is 2.23. The van der Waals surface area contributed by atoms with Crippen LogP contribution in [0.5, 0.6) is 0 Å². The smallest absolute Gasteiger partial charge is 0.00794 e. The lowest BCUT2D eigenvalue weighted by atomic mass is 9.73. The molecule has 2 N–H and O–H groups in total. The van der Waals surface area contributed by atoms with E-state index in [1.54, 1.807) is 0 Å². The third-order valence-electron chi connectivity index (χ3n) is 4.15. The summed E-state index contributed by atoms with van der Waals surface area (Å²) in [6, 6.07) is 0.419. The minimum Gasteiger partial charge on any atom is -0.327 e. The highest BCUT2D eigenvalue weighted by atomic mass is 15.0. The first-order valence-electron chi connectivity index (χ1n) is 6.41. The van der Waals surface area contributed by atoms with Gasteiger partial charge in [-0.1, -0.05) is 20.3 Å². The Morgan fingerprint density at radius 2 is 1.87 bits per heavy atom. The molecule has 0 bridgehead atoms. The van der Waals surface area contributed by atoms with Crippen LogP contribution < -0.4 is 5.73 Å². The molecule has 0 aliphatic heterocycles. The highest BCUT2D eigenvalue weighted by Gasteiger charge is 2.28. The minimum absolute atomic E-state index is 0.419. The fourth-order valence-electron chi connectivity index (χ4n) is 2.62. The molecule has 1 saturated carbocycles. The molecule has 0 saturated heterocycles. The lowest BCUT2D eigenvalue weighted by Crippen LogP contribution is -2.37. The van der Waals surface area contributed by atoms with Gasteiger partial charge >= 0.3 is 0 Å². The highest BCUT2D eigenvalue weighted by Crippen LogP contribution is 2.35. The van der Waals surface area contributed by atoms with Crippen molar-refractivity contribution in [2.24, 2.45) is 23.5 Å². The fourth-order valence-corrected chi connectivity index (χ4v) is 2.62. The zero-order valence-electron chi connectivity index (χ0n) is 10.9. The lowest BCUT2D eigenvalue weighted by molar-refractivity contribution is 0.177. The van der Waals surface area contributed by atoms with Crippen molar-refractivity contribution in [3.05, 3.63) is 0 Å². The summed E-state index contributed by atoms with van der Waals surface area (Å²) in [6.45, 7) is 5.89. The third-order valence-corrected chi connectivity index (χ3v) is 4.15. The molecule has 0 aromatic carbocycles. The van der Waals surface area contributed by atoms with Crippen LogP contribution in [0.15, 0.2) is 0 Å². The van der Waals surface area contributed by atoms with Crippen LogP contribution in [0, 0.1) is 17.8 Å². The van der Waals surface area contributed by atoms with Gasteiger partial charge in [-0.05, 0) is 57.7 Å². The second-order valence-corrected chi connectivity index (χ2v) is 5.78. The van der Waals surface area contributed by atoms with Gasteiger partial charge in [-0.15, -0.1) is 0 Å². The number of nitrogens with zero attached hydrogens (tertiary/aromatic N) is 1. The average Bonchev–Trinajstić information content (AvgIpc) is 2.18. The molecule has 4 unspecified atom stereocenters. The molecule has 0 aromatic rings. The van der Waals surface area contributed by atoms with Gasteiger partial charge in [-0.2, -0.15) is 0 Å². The molecule has 0 heterocycles.